The predicted octanol–water partition coefficient (Wildman–Crippen LogP) is 5.89. The fourth-order valence-electron chi connectivity index (χ4n) is 4.19. The average Bonchev–Trinajstić information content (AvgIpc) is 3.20. The van der Waals surface area contributed by atoms with Crippen molar-refractivity contribution >= 4 is 23.4 Å². The molecule has 10 nitrogen and oxygen atoms in total. The second-order valence-electron chi connectivity index (χ2n) is 8.41. The van der Waals surface area contributed by atoms with Crippen molar-refractivity contribution in [2.45, 2.75) is 37.5 Å². The van der Waals surface area contributed by atoms with Gasteiger partial charge < -0.3 is 14.2 Å². The molecule has 0 fully saturated rings. The molecule has 0 amide bonds. The summed E-state index contributed by atoms with van der Waals surface area (Å²) in [5.74, 6) is 0.552. The Morgan fingerprint density at radius 2 is 1.48 bits per heavy atom. The van der Waals surface area contributed by atoms with Gasteiger partial charge in [0.2, 0.25) is 5.75 Å². The Labute approximate surface area is 235 Å². The van der Waals surface area contributed by atoms with Crippen LogP contribution < -0.4 is 19.8 Å². The zero-order valence-corrected chi connectivity index (χ0v) is 23.4. The van der Waals surface area contributed by atoms with Crippen LogP contribution in [0.4, 0.5) is 5.69 Å². The van der Waals surface area contributed by atoms with Gasteiger partial charge in [-0.15, -0.1) is 0 Å². The fraction of sp³-hybridized carbons (Fsp3) is 0.241. The molecule has 208 valence electrons. The van der Waals surface area contributed by atoms with Crippen LogP contribution >= 0.6 is 11.8 Å². The number of aromatic nitrogens is 2. The first-order valence-corrected chi connectivity index (χ1v) is 13.6. The first kappa shape index (κ1) is 28.5. The first-order valence-electron chi connectivity index (χ1n) is 12.7. The molecule has 4 aromatic rings. The van der Waals surface area contributed by atoms with Crippen molar-refractivity contribution in [3.8, 4) is 22.9 Å². The third kappa shape index (κ3) is 5.59. The lowest BCUT2D eigenvalue weighted by molar-refractivity contribution is -0.387. The fourth-order valence-corrected chi connectivity index (χ4v) is 5.21. The lowest BCUT2D eigenvalue weighted by Gasteiger charge is -2.18. The Morgan fingerprint density at radius 3 is 2.05 bits per heavy atom. The Hall–Kier alpha value is -4.51. The Kier molecular flexibility index (Phi) is 8.95. The average molecular weight is 564 g/mol. The highest BCUT2D eigenvalue weighted by Crippen LogP contribution is 2.40. The molecule has 0 radical (unpaired) electrons. The van der Waals surface area contributed by atoms with Crippen LogP contribution in [0.5, 0.6) is 17.2 Å². The number of benzene rings is 3. The van der Waals surface area contributed by atoms with Gasteiger partial charge in [0.05, 0.1) is 41.0 Å². The van der Waals surface area contributed by atoms with E-state index >= 15 is 0 Å². The summed E-state index contributed by atoms with van der Waals surface area (Å²) in [5.41, 5.74) is 0.374. The Bertz CT molecular complexity index is 1570. The van der Waals surface area contributed by atoms with Crippen molar-refractivity contribution in [3.05, 3.63) is 98.5 Å². The highest BCUT2D eigenvalue weighted by Gasteiger charge is 2.28. The topological polar surface area (TPSA) is 115 Å². The van der Waals surface area contributed by atoms with Gasteiger partial charge in [0.25, 0.3) is 17.2 Å². The minimum absolute atomic E-state index is 0.133. The minimum Gasteiger partial charge on any atom is -0.490 e. The van der Waals surface area contributed by atoms with Crippen LogP contribution in [0.25, 0.3) is 5.69 Å². The van der Waals surface area contributed by atoms with Gasteiger partial charge >= 0.3 is 0 Å². The van der Waals surface area contributed by atoms with E-state index < -0.39 is 16.4 Å². The number of hydrogen-bond acceptors (Lipinski definition) is 8. The molecule has 40 heavy (non-hydrogen) atoms. The molecule has 1 aromatic heterocycles. The highest BCUT2D eigenvalue weighted by molar-refractivity contribution is 7.99. The first-order chi connectivity index (χ1) is 19.3. The Morgan fingerprint density at radius 1 is 0.900 bits per heavy atom. The molecule has 0 bridgehead atoms. The van der Waals surface area contributed by atoms with Crippen molar-refractivity contribution in [2.75, 3.05) is 19.8 Å². The van der Waals surface area contributed by atoms with Crippen LogP contribution in [0.2, 0.25) is 0 Å². The summed E-state index contributed by atoms with van der Waals surface area (Å²) in [6, 6.07) is 18.0. The molecule has 1 heterocycles. The smallest absolute Gasteiger partial charge is 0.286 e. The molecule has 0 saturated carbocycles. The summed E-state index contributed by atoms with van der Waals surface area (Å²) in [7, 11) is 0. The number of nitrogens with zero attached hydrogens (tertiary/aromatic N) is 3. The largest absolute Gasteiger partial charge is 0.490 e. The number of rotatable bonds is 11. The molecule has 0 spiro atoms. The van der Waals surface area contributed by atoms with Crippen LogP contribution in [0.3, 0.4) is 0 Å². The monoisotopic (exact) mass is 563 g/mol. The molecular weight excluding hydrogens is 534 g/mol. The van der Waals surface area contributed by atoms with Crippen LogP contribution in [0.15, 0.2) is 81.3 Å². The Balaban J connectivity index is 1.94. The van der Waals surface area contributed by atoms with Gasteiger partial charge in [0.1, 0.15) is 4.90 Å². The standard InChI is InChI=1S/C29H29N3O7S/c1-5-37-23-17-20(18-24(38-6-2)26(23)39-7-3)28(33)30-19(4)27(29(34)31(30)21-13-9-8-10-14-21)40-25-16-12-11-15-22(25)32(35)36/h8-18H,5-7H2,1-4H3. The molecule has 0 unspecified atom stereocenters. The van der Waals surface area contributed by atoms with E-state index in [0.29, 0.717) is 48.5 Å². The van der Waals surface area contributed by atoms with Crippen LogP contribution in [0, 0.1) is 17.0 Å². The lowest BCUT2D eigenvalue weighted by Crippen LogP contribution is -2.27. The van der Waals surface area contributed by atoms with E-state index in [-0.39, 0.29) is 21.0 Å². The molecule has 11 heteroatoms. The van der Waals surface area contributed by atoms with Crippen molar-refractivity contribution < 1.29 is 23.9 Å². The highest BCUT2D eigenvalue weighted by atomic mass is 32.2. The number of ether oxygens (including phenoxy) is 3. The summed E-state index contributed by atoms with van der Waals surface area (Å²) < 4.78 is 19.9. The van der Waals surface area contributed by atoms with Gasteiger partial charge in [0, 0.05) is 11.6 Å². The summed E-state index contributed by atoms with van der Waals surface area (Å²) in [6.07, 6.45) is 0. The van der Waals surface area contributed by atoms with E-state index in [0.717, 1.165) is 11.8 Å². The SMILES string of the molecule is CCOc1cc(C(=O)n2c(C)c(Sc3ccccc3[N+](=O)[O-])c(=O)n2-c2ccccc2)cc(OCC)c1OCC. The number of hydrogen-bond donors (Lipinski definition) is 0. The van der Waals surface area contributed by atoms with E-state index in [1.807, 2.05) is 20.8 Å². The number of nitro groups is 1. The van der Waals surface area contributed by atoms with Crippen LogP contribution in [0.1, 0.15) is 36.8 Å². The number of nitro benzene ring substituents is 1. The van der Waals surface area contributed by atoms with Crippen molar-refractivity contribution in [1.29, 1.82) is 0 Å². The summed E-state index contributed by atoms with van der Waals surface area (Å²) >= 11 is 0.952. The lowest BCUT2D eigenvalue weighted by atomic mass is 10.1. The summed E-state index contributed by atoms with van der Waals surface area (Å²) in [6.45, 7) is 8.14. The summed E-state index contributed by atoms with van der Waals surface area (Å²) in [4.78, 5) is 39.6. The van der Waals surface area contributed by atoms with Gasteiger partial charge in [0.15, 0.2) is 11.5 Å². The van der Waals surface area contributed by atoms with Crippen molar-refractivity contribution in [3.63, 3.8) is 0 Å². The van der Waals surface area contributed by atoms with E-state index in [1.54, 1.807) is 67.6 Å². The quantitative estimate of drug-likeness (QED) is 0.164. The molecular formula is C29H29N3O7S. The second kappa shape index (κ2) is 12.6. The molecule has 0 atom stereocenters. The third-order valence-electron chi connectivity index (χ3n) is 5.86. The molecule has 0 saturated heterocycles. The molecule has 0 aliphatic carbocycles. The molecule has 0 N–H and O–H groups in total. The zero-order chi connectivity index (χ0) is 28.8. The van der Waals surface area contributed by atoms with E-state index in [9.17, 15) is 19.7 Å². The van der Waals surface area contributed by atoms with Crippen molar-refractivity contribution in [2.24, 2.45) is 0 Å². The molecule has 0 aliphatic heterocycles. The third-order valence-corrected chi connectivity index (χ3v) is 7.10. The number of carbonyl (C=O) groups excluding carboxylic acids is 1. The molecule has 0 aliphatic rings. The normalized spacial score (nSPS) is 10.8. The summed E-state index contributed by atoms with van der Waals surface area (Å²) in [5, 5.41) is 11.6. The van der Waals surface area contributed by atoms with Crippen LogP contribution in [-0.2, 0) is 0 Å². The predicted molar refractivity (Wildman–Crippen MR) is 152 cm³/mol. The second-order valence-corrected chi connectivity index (χ2v) is 9.46. The van der Waals surface area contributed by atoms with E-state index in [1.165, 1.54) is 15.4 Å². The molecule has 4 rings (SSSR count). The van der Waals surface area contributed by atoms with Crippen molar-refractivity contribution in [1.82, 2.24) is 9.36 Å². The maximum Gasteiger partial charge on any atom is 0.286 e. The van der Waals surface area contributed by atoms with Gasteiger partial charge in [-0.3, -0.25) is 19.7 Å². The van der Waals surface area contributed by atoms with E-state index in [4.69, 9.17) is 14.2 Å². The van der Waals surface area contributed by atoms with E-state index in [2.05, 4.69) is 0 Å². The van der Waals surface area contributed by atoms with Gasteiger partial charge in [-0.25, -0.2) is 9.36 Å². The number of carbonyl (C=O) groups is 1. The van der Waals surface area contributed by atoms with Gasteiger partial charge in [-0.05, 0) is 58.0 Å². The maximum atomic E-state index is 14.2. The van der Waals surface area contributed by atoms with Gasteiger partial charge in [-0.2, -0.15) is 0 Å². The minimum atomic E-state index is -0.516. The molecule has 3 aromatic carbocycles. The zero-order valence-electron chi connectivity index (χ0n) is 22.6. The number of para-hydroxylation sites is 2. The van der Waals surface area contributed by atoms with Gasteiger partial charge in [-0.1, -0.05) is 42.1 Å². The van der Waals surface area contributed by atoms with Crippen LogP contribution in [-0.4, -0.2) is 40.0 Å². The maximum absolute atomic E-state index is 14.2.